The van der Waals surface area contributed by atoms with E-state index in [1.165, 1.54) is 23.3 Å². The van der Waals surface area contributed by atoms with Crippen LogP contribution in [0.2, 0.25) is 0 Å². The van der Waals surface area contributed by atoms with Gasteiger partial charge in [0, 0.05) is 18.8 Å². The molecule has 1 aliphatic heterocycles. The van der Waals surface area contributed by atoms with Crippen LogP contribution in [-0.4, -0.2) is 43.3 Å². The lowest BCUT2D eigenvalue weighted by atomic mass is 9.98. The largest absolute Gasteiger partial charge is 0.418 e. The third-order valence-electron chi connectivity index (χ3n) is 3.86. The summed E-state index contributed by atoms with van der Waals surface area (Å²) in [5.41, 5.74) is -1.62. The van der Waals surface area contributed by atoms with E-state index in [1.54, 1.807) is 25.7 Å². The molecule has 1 aromatic carbocycles. The smallest absolute Gasteiger partial charge is 0.368 e. The van der Waals surface area contributed by atoms with E-state index in [-0.39, 0.29) is 37.6 Å². The maximum absolute atomic E-state index is 13.4. The summed E-state index contributed by atoms with van der Waals surface area (Å²) in [5, 5.41) is 1.46. The van der Waals surface area contributed by atoms with Crippen LogP contribution < -0.4 is 4.90 Å². The Labute approximate surface area is 149 Å². The van der Waals surface area contributed by atoms with Crippen molar-refractivity contribution in [2.45, 2.75) is 26.9 Å². The standard InChI is InChI=1S/C17H20F3N3O3/c1-16(2,3)15(25)26-23-8-6-22(7-9-23)14-5-4-12(21-11-24)10-13(14)17(18,19)20/h4-5,10H,6-9H2,1-3H3. The molecule has 0 bridgehead atoms. The quantitative estimate of drug-likeness (QED) is 0.603. The molecule has 1 heterocycles. The van der Waals surface area contributed by atoms with Crippen molar-refractivity contribution in [3.63, 3.8) is 0 Å². The molecule has 0 unspecified atom stereocenters. The number of carbonyl (C=O) groups excluding carboxylic acids is 2. The van der Waals surface area contributed by atoms with Crippen LogP contribution in [0.15, 0.2) is 23.2 Å². The number of alkyl halides is 3. The monoisotopic (exact) mass is 371 g/mol. The summed E-state index contributed by atoms with van der Waals surface area (Å²) >= 11 is 0. The van der Waals surface area contributed by atoms with Gasteiger partial charge in [0.25, 0.3) is 0 Å². The molecule has 1 fully saturated rings. The fourth-order valence-corrected chi connectivity index (χ4v) is 2.42. The lowest BCUT2D eigenvalue weighted by Gasteiger charge is -2.36. The first-order chi connectivity index (χ1) is 12.0. The van der Waals surface area contributed by atoms with Crippen LogP contribution in [0.3, 0.4) is 0 Å². The summed E-state index contributed by atoms with van der Waals surface area (Å²) in [6.45, 7) is 6.27. The summed E-state index contributed by atoms with van der Waals surface area (Å²) < 4.78 is 40.1. The highest BCUT2D eigenvalue weighted by Crippen LogP contribution is 2.39. The Morgan fingerprint density at radius 3 is 2.27 bits per heavy atom. The fourth-order valence-electron chi connectivity index (χ4n) is 2.42. The number of rotatable bonds is 3. The highest BCUT2D eigenvalue weighted by molar-refractivity contribution is 5.75. The molecule has 0 aromatic heterocycles. The maximum Gasteiger partial charge on any atom is 0.418 e. The van der Waals surface area contributed by atoms with Crippen molar-refractivity contribution in [3.05, 3.63) is 23.8 Å². The second-order valence-electron chi connectivity index (χ2n) is 6.95. The predicted molar refractivity (Wildman–Crippen MR) is 88.6 cm³/mol. The molecule has 9 heteroatoms. The van der Waals surface area contributed by atoms with E-state index in [0.717, 1.165) is 6.07 Å². The molecule has 0 N–H and O–H groups in total. The average Bonchev–Trinajstić information content (AvgIpc) is 2.54. The van der Waals surface area contributed by atoms with Gasteiger partial charge in [-0.05, 0) is 39.0 Å². The number of hydrogen-bond acceptors (Lipinski definition) is 6. The van der Waals surface area contributed by atoms with Crippen LogP contribution in [0.25, 0.3) is 0 Å². The van der Waals surface area contributed by atoms with Gasteiger partial charge in [-0.15, -0.1) is 5.06 Å². The van der Waals surface area contributed by atoms with Crippen molar-refractivity contribution in [1.29, 1.82) is 0 Å². The van der Waals surface area contributed by atoms with E-state index in [9.17, 15) is 22.8 Å². The van der Waals surface area contributed by atoms with E-state index in [0.29, 0.717) is 0 Å². The van der Waals surface area contributed by atoms with E-state index in [4.69, 9.17) is 4.84 Å². The molecule has 0 saturated carbocycles. The predicted octanol–water partition coefficient (Wildman–Crippen LogP) is 3.30. The fraction of sp³-hybridized carbons (Fsp3) is 0.529. The van der Waals surface area contributed by atoms with Crippen molar-refractivity contribution >= 4 is 23.4 Å². The number of piperazine rings is 1. The molecular formula is C17H20F3N3O3. The van der Waals surface area contributed by atoms with Gasteiger partial charge in [-0.25, -0.2) is 9.59 Å². The van der Waals surface area contributed by atoms with Crippen molar-refractivity contribution in [1.82, 2.24) is 5.06 Å². The minimum atomic E-state index is -4.58. The number of carbonyl (C=O) groups is 1. The third kappa shape index (κ3) is 4.83. The van der Waals surface area contributed by atoms with E-state index in [1.807, 2.05) is 0 Å². The van der Waals surface area contributed by atoms with E-state index in [2.05, 4.69) is 4.99 Å². The number of nitrogens with zero attached hydrogens (tertiary/aromatic N) is 3. The van der Waals surface area contributed by atoms with Crippen LogP contribution in [-0.2, 0) is 20.6 Å². The summed E-state index contributed by atoms with van der Waals surface area (Å²) in [6, 6.07) is 3.45. The molecule has 0 aliphatic carbocycles. The van der Waals surface area contributed by atoms with Gasteiger partial charge in [0.1, 0.15) is 0 Å². The average molecular weight is 371 g/mol. The van der Waals surface area contributed by atoms with E-state index < -0.39 is 23.1 Å². The van der Waals surface area contributed by atoms with Gasteiger partial charge < -0.3 is 9.74 Å². The first-order valence-electron chi connectivity index (χ1n) is 8.04. The minimum absolute atomic E-state index is 0.00384. The van der Waals surface area contributed by atoms with E-state index >= 15 is 0 Å². The summed E-state index contributed by atoms with van der Waals surface area (Å²) in [6.07, 6.45) is -3.35. The van der Waals surface area contributed by atoms with Crippen LogP contribution >= 0.6 is 0 Å². The molecule has 1 saturated heterocycles. The third-order valence-corrected chi connectivity index (χ3v) is 3.86. The minimum Gasteiger partial charge on any atom is -0.368 e. The van der Waals surface area contributed by atoms with Crippen LogP contribution in [0, 0.1) is 5.41 Å². The number of aliphatic imine (C=N–C) groups is 1. The lowest BCUT2D eigenvalue weighted by molar-refractivity contribution is -0.201. The van der Waals surface area contributed by atoms with Gasteiger partial charge in [0.2, 0.25) is 6.08 Å². The first kappa shape index (κ1) is 19.9. The van der Waals surface area contributed by atoms with Crippen LogP contribution in [0.5, 0.6) is 0 Å². The van der Waals surface area contributed by atoms with Gasteiger partial charge in [0.15, 0.2) is 0 Å². The lowest BCUT2D eigenvalue weighted by Crippen LogP contribution is -2.48. The van der Waals surface area contributed by atoms with Gasteiger partial charge in [-0.3, -0.25) is 0 Å². The van der Waals surface area contributed by atoms with Crippen molar-refractivity contribution in [2.24, 2.45) is 10.4 Å². The number of isocyanates is 1. The Kier molecular flexibility index (Phi) is 5.73. The summed E-state index contributed by atoms with van der Waals surface area (Å²) in [4.78, 5) is 32.3. The van der Waals surface area contributed by atoms with Crippen LogP contribution in [0.4, 0.5) is 24.5 Å². The van der Waals surface area contributed by atoms with Crippen molar-refractivity contribution < 1.29 is 27.6 Å². The zero-order valence-corrected chi connectivity index (χ0v) is 14.8. The molecule has 2 rings (SSSR count). The van der Waals surface area contributed by atoms with Crippen molar-refractivity contribution in [3.8, 4) is 0 Å². The second kappa shape index (κ2) is 7.47. The van der Waals surface area contributed by atoms with Gasteiger partial charge in [-0.1, -0.05) is 0 Å². The Morgan fingerprint density at radius 2 is 1.77 bits per heavy atom. The molecule has 0 spiro atoms. The highest BCUT2D eigenvalue weighted by atomic mass is 19.4. The Balaban J connectivity index is 2.14. The highest BCUT2D eigenvalue weighted by Gasteiger charge is 2.36. The zero-order chi connectivity index (χ0) is 19.5. The molecule has 0 radical (unpaired) electrons. The molecular weight excluding hydrogens is 351 g/mol. The summed E-state index contributed by atoms with van der Waals surface area (Å²) in [7, 11) is 0. The Hall–Kier alpha value is -2.38. The summed E-state index contributed by atoms with van der Waals surface area (Å²) in [5.74, 6) is -0.391. The topological polar surface area (TPSA) is 62.2 Å². The Morgan fingerprint density at radius 1 is 1.15 bits per heavy atom. The van der Waals surface area contributed by atoms with Crippen molar-refractivity contribution in [2.75, 3.05) is 31.1 Å². The number of hydrogen-bond donors (Lipinski definition) is 0. The molecule has 1 aromatic rings. The zero-order valence-electron chi connectivity index (χ0n) is 14.8. The number of benzene rings is 1. The molecule has 6 nitrogen and oxygen atoms in total. The first-order valence-corrected chi connectivity index (χ1v) is 8.04. The number of halogens is 3. The number of anilines is 1. The van der Waals surface area contributed by atoms with Gasteiger partial charge in [-0.2, -0.15) is 18.2 Å². The SMILES string of the molecule is CC(C)(C)C(=O)ON1CCN(c2ccc(N=C=O)cc2C(F)(F)F)CC1. The molecule has 0 amide bonds. The maximum atomic E-state index is 13.4. The molecule has 26 heavy (non-hydrogen) atoms. The van der Waals surface area contributed by atoms with Gasteiger partial charge in [0.05, 0.1) is 29.8 Å². The normalized spacial score (nSPS) is 16.2. The molecule has 1 aliphatic rings. The number of hydroxylamine groups is 2. The second-order valence-corrected chi connectivity index (χ2v) is 6.95. The molecule has 0 atom stereocenters. The Bertz CT molecular complexity index is 714. The molecule has 142 valence electrons. The van der Waals surface area contributed by atoms with Gasteiger partial charge >= 0.3 is 12.1 Å². The van der Waals surface area contributed by atoms with Crippen LogP contribution in [0.1, 0.15) is 26.3 Å².